The fraction of sp³-hybridized carbons (Fsp3) is 0.615. The summed E-state index contributed by atoms with van der Waals surface area (Å²) in [5.41, 5.74) is 0.806. The summed E-state index contributed by atoms with van der Waals surface area (Å²) in [5, 5.41) is 12.1. The van der Waals surface area contributed by atoms with Gasteiger partial charge in [-0.1, -0.05) is 20.3 Å². The summed E-state index contributed by atoms with van der Waals surface area (Å²) in [7, 11) is 0. The first-order valence-electron chi connectivity index (χ1n) is 6.09. The van der Waals surface area contributed by atoms with Crippen LogP contribution in [0.15, 0.2) is 12.3 Å². The Bertz CT molecular complexity index is 433. The number of hydrogen-bond donors (Lipinski definition) is 1. The Morgan fingerprint density at radius 2 is 2.35 bits per heavy atom. The van der Waals surface area contributed by atoms with E-state index in [1.54, 1.807) is 12.3 Å². The van der Waals surface area contributed by atoms with E-state index in [1.807, 2.05) is 6.07 Å². The monoisotopic (exact) mass is 230 g/mol. The molecule has 1 aromatic rings. The van der Waals surface area contributed by atoms with Crippen molar-refractivity contribution in [3.05, 3.63) is 18.0 Å². The second kappa shape index (κ2) is 4.70. The third-order valence-corrected chi connectivity index (χ3v) is 3.31. The highest BCUT2D eigenvalue weighted by molar-refractivity contribution is 5.31. The molecule has 1 aliphatic carbocycles. The number of nitriles is 1. The van der Waals surface area contributed by atoms with Crippen LogP contribution in [0, 0.1) is 16.7 Å². The zero-order chi connectivity index (χ0) is 12.3. The molecule has 0 aliphatic heterocycles. The molecule has 0 saturated heterocycles. The Hall–Kier alpha value is -1.63. The predicted molar refractivity (Wildman–Crippen MR) is 66.4 cm³/mol. The highest BCUT2D eigenvalue weighted by atomic mass is 15.1. The minimum absolute atomic E-state index is 0.392. The molecular weight excluding hydrogens is 212 g/mol. The van der Waals surface area contributed by atoms with E-state index >= 15 is 0 Å². The Balaban J connectivity index is 2.03. The maximum atomic E-state index is 8.78. The average molecular weight is 230 g/mol. The summed E-state index contributed by atoms with van der Waals surface area (Å²) in [6.07, 6.45) is 6.44. The molecule has 1 unspecified atom stereocenters. The summed E-state index contributed by atoms with van der Waals surface area (Å²) in [6.45, 7) is 4.60. The van der Waals surface area contributed by atoms with Crippen LogP contribution in [0.2, 0.25) is 0 Å². The van der Waals surface area contributed by atoms with Gasteiger partial charge in [0, 0.05) is 12.2 Å². The van der Waals surface area contributed by atoms with Crippen molar-refractivity contribution in [3.63, 3.8) is 0 Å². The summed E-state index contributed by atoms with van der Waals surface area (Å²) < 4.78 is 0. The molecule has 0 spiro atoms. The van der Waals surface area contributed by atoms with Gasteiger partial charge >= 0.3 is 0 Å². The molecule has 2 rings (SSSR count). The van der Waals surface area contributed by atoms with Gasteiger partial charge < -0.3 is 5.32 Å². The second-order valence-corrected chi connectivity index (χ2v) is 5.48. The quantitative estimate of drug-likeness (QED) is 0.848. The molecule has 0 aromatic carbocycles. The van der Waals surface area contributed by atoms with Crippen LogP contribution in [0.4, 0.5) is 5.95 Å². The van der Waals surface area contributed by atoms with Crippen molar-refractivity contribution in [1.29, 1.82) is 5.26 Å². The number of nitrogens with one attached hydrogen (secondary N) is 1. The minimum Gasteiger partial charge on any atom is -0.351 e. The standard InChI is InChI=1S/C13H18N4/c1-13(2)6-3-4-10(8-13)16-12-15-7-5-11(9-14)17-12/h5,7,10H,3-4,6,8H2,1-2H3,(H,15,16,17). The second-order valence-electron chi connectivity index (χ2n) is 5.48. The lowest BCUT2D eigenvalue weighted by molar-refractivity contribution is 0.229. The first kappa shape index (κ1) is 11.8. The molecule has 90 valence electrons. The molecule has 1 fully saturated rings. The summed E-state index contributed by atoms with van der Waals surface area (Å²) in [5.74, 6) is 0.576. The van der Waals surface area contributed by atoms with E-state index in [0.717, 1.165) is 12.8 Å². The van der Waals surface area contributed by atoms with Crippen molar-refractivity contribution in [3.8, 4) is 6.07 Å². The van der Waals surface area contributed by atoms with Crippen molar-refractivity contribution in [2.24, 2.45) is 5.41 Å². The molecule has 0 amide bonds. The molecule has 0 bridgehead atoms. The zero-order valence-electron chi connectivity index (χ0n) is 10.4. The summed E-state index contributed by atoms with van der Waals surface area (Å²) in [6, 6.07) is 4.07. The normalized spacial score (nSPS) is 22.8. The van der Waals surface area contributed by atoms with Gasteiger partial charge in [-0.2, -0.15) is 5.26 Å². The molecule has 1 heterocycles. The predicted octanol–water partition coefficient (Wildman–Crippen LogP) is 2.73. The number of rotatable bonds is 2. The average Bonchev–Trinajstić information content (AvgIpc) is 2.28. The Labute approximate surface area is 102 Å². The molecule has 1 N–H and O–H groups in total. The van der Waals surface area contributed by atoms with Crippen LogP contribution < -0.4 is 5.32 Å². The van der Waals surface area contributed by atoms with E-state index in [4.69, 9.17) is 5.26 Å². The van der Waals surface area contributed by atoms with Crippen LogP contribution in [0.3, 0.4) is 0 Å². The zero-order valence-corrected chi connectivity index (χ0v) is 10.4. The fourth-order valence-corrected chi connectivity index (χ4v) is 2.49. The topological polar surface area (TPSA) is 61.6 Å². The molecular formula is C13H18N4. The summed E-state index contributed by atoms with van der Waals surface area (Å²) in [4.78, 5) is 8.31. The smallest absolute Gasteiger partial charge is 0.224 e. The van der Waals surface area contributed by atoms with Gasteiger partial charge in [0.2, 0.25) is 5.95 Å². The maximum absolute atomic E-state index is 8.78. The van der Waals surface area contributed by atoms with E-state index < -0.39 is 0 Å². The molecule has 1 atom stereocenters. The molecule has 0 radical (unpaired) electrons. The lowest BCUT2D eigenvalue weighted by atomic mass is 9.75. The molecule has 1 aromatic heterocycles. The van der Waals surface area contributed by atoms with E-state index in [0.29, 0.717) is 23.1 Å². The van der Waals surface area contributed by atoms with Crippen molar-refractivity contribution in [1.82, 2.24) is 9.97 Å². The van der Waals surface area contributed by atoms with Gasteiger partial charge in [-0.05, 0) is 30.7 Å². The first-order chi connectivity index (χ1) is 8.09. The van der Waals surface area contributed by atoms with Gasteiger partial charge in [0.05, 0.1) is 0 Å². The number of aromatic nitrogens is 2. The van der Waals surface area contributed by atoms with Crippen molar-refractivity contribution >= 4 is 5.95 Å². The van der Waals surface area contributed by atoms with Crippen LogP contribution in [0.1, 0.15) is 45.2 Å². The SMILES string of the molecule is CC1(C)CCCC(Nc2nccc(C#N)n2)C1. The molecule has 4 nitrogen and oxygen atoms in total. The van der Waals surface area contributed by atoms with E-state index in [1.165, 1.54) is 12.8 Å². The number of nitrogens with zero attached hydrogens (tertiary/aromatic N) is 3. The van der Waals surface area contributed by atoms with Gasteiger partial charge in [-0.15, -0.1) is 0 Å². The number of anilines is 1. The summed E-state index contributed by atoms with van der Waals surface area (Å²) >= 11 is 0. The number of hydrogen-bond acceptors (Lipinski definition) is 4. The largest absolute Gasteiger partial charge is 0.351 e. The van der Waals surface area contributed by atoms with Crippen molar-refractivity contribution in [2.75, 3.05) is 5.32 Å². The Morgan fingerprint density at radius 1 is 1.53 bits per heavy atom. The van der Waals surface area contributed by atoms with Gasteiger partial charge in [0.15, 0.2) is 0 Å². The van der Waals surface area contributed by atoms with Crippen LogP contribution in [-0.4, -0.2) is 16.0 Å². The van der Waals surface area contributed by atoms with Crippen LogP contribution >= 0.6 is 0 Å². The third-order valence-electron chi connectivity index (χ3n) is 3.31. The Kier molecular flexibility index (Phi) is 3.28. The first-order valence-corrected chi connectivity index (χ1v) is 6.09. The van der Waals surface area contributed by atoms with Crippen molar-refractivity contribution < 1.29 is 0 Å². The lowest BCUT2D eigenvalue weighted by Crippen LogP contribution is -2.32. The molecule has 4 heteroatoms. The van der Waals surface area contributed by atoms with Crippen LogP contribution in [-0.2, 0) is 0 Å². The van der Waals surface area contributed by atoms with Crippen LogP contribution in [0.5, 0.6) is 0 Å². The molecule has 1 aliphatic rings. The Morgan fingerprint density at radius 3 is 3.06 bits per heavy atom. The highest BCUT2D eigenvalue weighted by Gasteiger charge is 2.28. The third kappa shape index (κ3) is 3.16. The fourth-order valence-electron chi connectivity index (χ4n) is 2.49. The van der Waals surface area contributed by atoms with E-state index in [2.05, 4.69) is 29.1 Å². The van der Waals surface area contributed by atoms with Gasteiger partial charge in [0.1, 0.15) is 11.8 Å². The van der Waals surface area contributed by atoms with Gasteiger partial charge in [-0.3, -0.25) is 0 Å². The highest BCUT2D eigenvalue weighted by Crippen LogP contribution is 2.35. The minimum atomic E-state index is 0.392. The van der Waals surface area contributed by atoms with E-state index in [9.17, 15) is 0 Å². The van der Waals surface area contributed by atoms with E-state index in [-0.39, 0.29) is 0 Å². The van der Waals surface area contributed by atoms with Gasteiger partial charge in [-0.25, -0.2) is 9.97 Å². The van der Waals surface area contributed by atoms with Crippen LogP contribution in [0.25, 0.3) is 0 Å². The van der Waals surface area contributed by atoms with Gasteiger partial charge in [0.25, 0.3) is 0 Å². The molecule has 17 heavy (non-hydrogen) atoms. The molecule has 1 saturated carbocycles. The lowest BCUT2D eigenvalue weighted by Gasteiger charge is -2.35. The van der Waals surface area contributed by atoms with Crippen molar-refractivity contribution in [2.45, 2.75) is 45.6 Å². The maximum Gasteiger partial charge on any atom is 0.224 e.